The summed E-state index contributed by atoms with van der Waals surface area (Å²) in [6, 6.07) is 72.7. The minimum absolute atomic E-state index is 0.341. The van der Waals surface area contributed by atoms with Crippen molar-refractivity contribution in [2.45, 2.75) is 102 Å². The highest BCUT2D eigenvalue weighted by Gasteiger charge is 2.26. The average Bonchev–Trinajstić information content (AvgIpc) is 0.757. The quantitative estimate of drug-likeness (QED) is 0.121. The third kappa shape index (κ3) is 16.4. The second kappa shape index (κ2) is 33.4. The van der Waals surface area contributed by atoms with Crippen LogP contribution in [0.4, 0.5) is 0 Å². The van der Waals surface area contributed by atoms with Gasteiger partial charge in [0.25, 0.3) is 0 Å². The van der Waals surface area contributed by atoms with Crippen molar-refractivity contribution in [1.29, 1.82) is 0 Å². The standard InChI is InChI=1S/C28H24N3.2C26H27N2.C24H23N2/c1-19-8-9-22(24-7-5-13-30-18-24)16-27(19)28-26-11-10-21(23-6-4-12-29-17-23)15-25(26)14-20(2)31(28)3;2*1-17(2)23-13-18(3)19(4)25(15-23)26-24-9-8-20(22-7-6-11-27-16-22)14-21(24)10-12-28(26)5;1-16-12-17(2)18(3)23(13-16)24-22-8-7-19(21-6-5-10-25-15-21)14-20(22)9-11-26(24)4/h4-18H,1-3H3;2*6-17H,1-5H3;5-15H,1-4H3/q4*+1/i;1D3,12D,17D;12D,17D;11D. The molecule has 1 atom stereocenters. The Hall–Kier alpha value is -12.9. The van der Waals surface area contributed by atoms with Gasteiger partial charge in [0, 0.05) is 128 Å². The van der Waals surface area contributed by atoms with E-state index in [2.05, 4.69) is 212 Å². The molecule has 9 heteroatoms. The summed E-state index contributed by atoms with van der Waals surface area (Å²) in [6.45, 7) is 21.8. The Morgan fingerprint density at radius 3 is 0.982 bits per heavy atom. The first-order chi connectivity index (χ1) is 57.6. The van der Waals surface area contributed by atoms with Crippen LogP contribution in [0.15, 0.2) is 293 Å². The molecule has 0 saturated heterocycles. The highest BCUT2D eigenvalue weighted by molar-refractivity contribution is 6.00. The molecule has 0 saturated carbocycles. The van der Waals surface area contributed by atoms with Gasteiger partial charge in [0.15, 0.2) is 24.2 Å². The van der Waals surface area contributed by atoms with E-state index in [0.717, 1.165) is 122 Å². The topological polar surface area (TPSA) is 80.0 Å². The molecule has 0 bridgehead atoms. The summed E-state index contributed by atoms with van der Waals surface area (Å²) >= 11 is 0. The van der Waals surface area contributed by atoms with E-state index >= 15 is 0 Å². The third-order valence-corrected chi connectivity index (χ3v) is 22.1. The van der Waals surface area contributed by atoms with E-state index in [4.69, 9.17) is 11.0 Å². The van der Waals surface area contributed by atoms with E-state index in [0.29, 0.717) is 24.1 Å². The van der Waals surface area contributed by atoms with Crippen LogP contribution in [0.2, 0.25) is 0 Å². The highest BCUT2D eigenvalue weighted by atomic mass is 15.0. The smallest absolute Gasteiger partial charge is 0.220 e. The number of hydrogen-bond acceptors (Lipinski definition) is 5. The molecule has 9 aromatic heterocycles. The number of aromatic nitrogens is 9. The highest BCUT2D eigenvalue weighted by Crippen LogP contribution is 2.40. The molecule has 0 fully saturated rings. The van der Waals surface area contributed by atoms with E-state index < -0.39 is 18.6 Å². The number of nitrogens with zero attached hydrogens (tertiary/aromatic N) is 9. The Bertz CT molecular complexity index is 6820. The summed E-state index contributed by atoms with van der Waals surface area (Å²) < 4.78 is 74.5. The lowest BCUT2D eigenvalue weighted by Crippen LogP contribution is -2.35. The van der Waals surface area contributed by atoms with E-state index in [-0.39, 0.29) is 0 Å². The van der Waals surface area contributed by atoms with E-state index in [1.165, 1.54) is 84.7 Å². The number of rotatable bonds is 11. The molecule has 9 heterocycles. The number of aryl methyl sites for hydroxylation is 6. The van der Waals surface area contributed by atoms with Gasteiger partial charge in [-0.25, -0.2) is 13.7 Å². The minimum atomic E-state index is -2.47. The van der Waals surface area contributed by atoms with Crippen LogP contribution in [-0.2, 0) is 28.2 Å². The summed E-state index contributed by atoms with van der Waals surface area (Å²) in [5, 5.41) is 8.72. The summed E-state index contributed by atoms with van der Waals surface area (Å²) in [5.74, 6) is -2.44. The number of hydrogen-bond donors (Lipinski definition) is 0. The van der Waals surface area contributed by atoms with Gasteiger partial charge < -0.3 is 0 Å². The summed E-state index contributed by atoms with van der Waals surface area (Å²) in [6.07, 6.45) is 19.6. The van der Waals surface area contributed by atoms with Crippen LogP contribution in [0, 0.1) is 62.3 Å². The van der Waals surface area contributed by atoms with Gasteiger partial charge in [0.2, 0.25) is 22.8 Å². The molecule has 0 spiro atoms. The molecule has 0 aliphatic rings. The van der Waals surface area contributed by atoms with Crippen molar-refractivity contribution in [3.8, 4) is 101 Å². The molecule has 0 aliphatic carbocycles. The van der Waals surface area contributed by atoms with Gasteiger partial charge >= 0.3 is 0 Å². The molecule has 0 radical (unpaired) electrons. The zero-order valence-corrected chi connectivity index (χ0v) is 67.5. The van der Waals surface area contributed by atoms with Crippen molar-refractivity contribution in [2.75, 3.05) is 0 Å². The second-order valence-electron chi connectivity index (χ2n) is 30.0. The Kier molecular flexibility index (Phi) is 19.8. The lowest BCUT2D eigenvalue weighted by molar-refractivity contribution is -0.665. The van der Waals surface area contributed by atoms with Gasteiger partial charge in [-0.05, 0) is 270 Å². The number of fused-ring (bicyclic) bond motifs is 4. The molecular formula is C104H101N9+4. The molecule has 1 unspecified atom stereocenters. The molecule has 0 N–H and O–H groups in total. The van der Waals surface area contributed by atoms with E-state index in [9.17, 15) is 0 Å². The molecule has 17 rings (SSSR count). The second-order valence-corrected chi connectivity index (χ2v) is 30.0. The fourth-order valence-electron chi connectivity index (χ4n) is 15.3. The Morgan fingerprint density at radius 1 is 0.301 bits per heavy atom. The predicted octanol–water partition coefficient (Wildman–Crippen LogP) is 23.7. The first kappa shape index (κ1) is 67.1. The van der Waals surface area contributed by atoms with Gasteiger partial charge in [-0.15, -0.1) is 0 Å². The summed E-state index contributed by atoms with van der Waals surface area (Å²) in [5.41, 5.74) is 31.5. The summed E-state index contributed by atoms with van der Waals surface area (Å²) in [7, 11) is 7.91. The number of pyridine rings is 9. The minimum Gasteiger partial charge on any atom is -0.264 e. The van der Waals surface area contributed by atoms with Crippen molar-refractivity contribution in [3.05, 3.63) is 354 Å². The molecule has 113 heavy (non-hydrogen) atoms. The largest absolute Gasteiger partial charge is 0.264 e. The van der Waals surface area contributed by atoms with Crippen molar-refractivity contribution in [2.24, 2.45) is 28.2 Å². The molecule has 558 valence electrons. The van der Waals surface area contributed by atoms with Crippen LogP contribution >= 0.6 is 0 Å². The molecule has 0 aliphatic heterocycles. The first-order valence-electron chi connectivity index (χ1n) is 42.3. The first-order valence-corrected chi connectivity index (χ1v) is 38.3. The van der Waals surface area contributed by atoms with Crippen LogP contribution in [0.1, 0.15) is 112 Å². The van der Waals surface area contributed by atoms with Gasteiger partial charge in [-0.1, -0.05) is 118 Å². The predicted molar refractivity (Wildman–Crippen MR) is 469 cm³/mol. The fraction of sp³-hybridized carbons (Fsp3) is 0.183. The van der Waals surface area contributed by atoms with Crippen molar-refractivity contribution < 1.29 is 29.2 Å². The van der Waals surface area contributed by atoms with Crippen LogP contribution in [0.3, 0.4) is 0 Å². The number of benzene rings is 8. The lowest BCUT2D eigenvalue weighted by atomic mass is 9.90. The summed E-state index contributed by atoms with van der Waals surface area (Å²) in [4.78, 5) is 21.2. The van der Waals surface area contributed by atoms with Crippen LogP contribution in [-0.4, -0.2) is 24.9 Å². The van der Waals surface area contributed by atoms with Crippen LogP contribution < -0.4 is 18.3 Å². The van der Waals surface area contributed by atoms with Gasteiger partial charge in [-0.2, -0.15) is 4.57 Å². The fourth-order valence-corrected chi connectivity index (χ4v) is 15.3. The Labute approximate surface area is 678 Å². The normalized spacial score (nSPS) is 13.0. The Balaban J connectivity index is 0.000000132. The van der Waals surface area contributed by atoms with Gasteiger partial charge in [0.05, 0.1) is 43.8 Å². The SMILES string of the molecule is Cc1ccc(-c2cccnc2)cc1-c1c2ccc(-c3cccnc3)cc2cc(C)[n+]1C.[2H]c1cc2cc(-c3cccnc3)ccc2c(-c2cc(C([2H])(C)C([2H])([2H])[2H])cc(C)c2C)[n+]1C.[2H]c1cc2cc(-c3cccnc3)ccc2c(-c2cc(C([2H])(C)C)cc(C)c2C)[n+]1C.[2H]c1cc2cc(-c3cccnc3)ccc2c(-c2cc(C)cc(C)c2C)[n+]1C. The van der Waals surface area contributed by atoms with Crippen molar-refractivity contribution in [3.63, 3.8) is 0 Å². The maximum atomic E-state index is 8.61. The zero-order chi connectivity index (χ0) is 86.3. The maximum Gasteiger partial charge on any atom is 0.220 e. The lowest BCUT2D eigenvalue weighted by Gasteiger charge is -2.15. The van der Waals surface area contributed by atoms with Crippen molar-refractivity contribution >= 4 is 43.1 Å². The molecule has 8 aromatic carbocycles. The molecular weight excluding hydrogens is 1380 g/mol. The Morgan fingerprint density at radius 2 is 0.628 bits per heavy atom. The third-order valence-electron chi connectivity index (χ3n) is 22.1. The van der Waals surface area contributed by atoms with Crippen molar-refractivity contribution in [1.82, 2.24) is 24.9 Å². The van der Waals surface area contributed by atoms with Crippen LogP contribution in [0.25, 0.3) is 144 Å². The molecule has 9 nitrogen and oxygen atoms in total. The monoisotopic (exact) mass is 1480 g/mol. The van der Waals surface area contributed by atoms with E-state index in [1.54, 1.807) is 24.7 Å². The van der Waals surface area contributed by atoms with Gasteiger partial charge in [0.1, 0.15) is 32.3 Å². The zero-order valence-electron chi connectivity index (χ0n) is 75.5. The molecule has 17 aromatic rings. The molecule has 0 amide bonds. The van der Waals surface area contributed by atoms with Gasteiger partial charge in [-0.3, -0.25) is 24.9 Å². The van der Waals surface area contributed by atoms with E-state index in [1.807, 2.05) is 185 Å². The maximum absolute atomic E-state index is 8.61. The van der Waals surface area contributed by atoms with Crippen LogP contribution in [0.5, 0.6) is 0 Å². The average molecular weight is 1490 g/mol.